The van der Waals surface area contributed by atoms with Gasteiger partial charge in [0.1, 0.15) is 0 Å². The van der Waals surface area contributed by atoms with Crippen molar-refractivity contribution in [3.05, 3.63) is 42.4 Å². The molecule has 21 heavy (non-hydrogen) atoms. The van der Waals surface area contributed by atoms with Gasteiger partial charge in [-0.25, -0.2) is 0 Å². The smallest absolute Gasteiger partial charge is 0.258 e. The van der Waals surface area contributed by atoms with Crippen molar-refractivity contribution in [2.45, 2.75) is 24.8 Å². The number of hydrogen-bond acceptors (Lipinski definition) is 5. The summed E-state index contributed by atoms with van der Waals surface area (Å²) in [5.41, 5.74) is 7.67. The second-order valence-electron chi connectivity index (χ2n) is 5.34. The second-order valence-corrected chi connectivity index (χ2v) is 5.34. The number of pyridine rings is 1. The Bertz CT molecular complexity index is 782. The fourth-order valence-corrected chi connectivity index (χ4v) is 2.53. The Morgan fingerprint density at radius 3 is 2.81 bits per heavy atom. The van der Waals surface area contributed by atoms with E-state index in [0.717, 1.165) is 35.7 Å². The SMILES string of the molecule is Cl.NC1(c2noc(-c3ccc4ncccc4c3)n2)CCC1. The number of rotatable bonds is 2. The second kappa shape index (κ2) is 5.09. The number of fused-ring (bicyclic) bond motifs is 1. The van der Waals surface area contributed by atoms with Gasteiger partial charge in [-0.3, -0.25) is 4.98 Å². The Morgan fingerprint density at radius 1 is 1.19 bits per heavy atom. The maximum absolute atomic E-state index is 6.21. The summed E-state index contributed by atoms with van der Waals surface area (Å²) in [5.74, 6) is 1.13. The molecule has 0 unspecified atom stereocenters. The molecule has 0 spiro atoms. The van der Waals surface area contributed by atoms with Crippen LogP contribution in [-0.2, 0) is 5.54 Å². The quantitative estimate of drug-likeness (QED) is 0.787. The van der Waals surface area contributed by atoms with E-state index < -0.39 is 0 Å². The molecule has 0 atom stereocenters. The third kappa shape index (κ3) is 2.28. The van der Waals surface area contributed by atoms with Crippen LogP contribution in [0.3, 0.4) is 0 Å². The molecule has 2 heterocycles. The van der Waals surface area contributed by atoms with Gasteiger partial charge in [-0.2, -0.15) is 4.98 Å². The number of halogens is 1. The van der Waals surface area contributed by atoms with Gasteiger partial charge < -0.3 is 10.3 Å². The third-order valence-corrected chi connectivity index (χ3v) is 3.97. The standard InChI is InChI=1S/C15H14N4O.ClH/c16-15(6-2-7-15)14-18-13(20-19-14)11-4-5-12-10(9-11)3-1-8-17-12;/h1,3-5,8-9H,2,6-7,16H2;1H. The lowest BCUT2D eigenvalue weighted by Gasteiger charge is -2.34. The van der Waals surface area contributed by atoms with Crippen molar-refractivity contribution in [2.24, 2.45) is 5.73 Å². The predicted molar refractivity (Wildman–Crippen MR) is 82.0 cm³/mol. The van der Waals surface area contributed by atoms with Crippen LogP contribution in [0.4, 0.5) is 0 Å². The van der Waals surface area contributed by atoms with Gasteiger partial charge in [0.2, 0.25) is 0 Å². The van der Waals surface area contributed by atoms with Crippen LogP contribution in [0.1, 0.15) is 25.1 Å². The highest BCUT2D eigenvalue weighted by Gasteiger charge is 2.39. The Balaban J connectivity index is 0.00000132. The third-order valence-electron chi connectivity index (χ3n) is 3.97. The van der Waals surface area contributed by atoms with Crippen molar-refractivity contribution in [1.82, 2.24) is 15.1 Å². The van der Waals surface area contributed by atoms with E-state index in [-0.39, 0.29) is 17.9 Å². The zero-order valence-corrected chi connectivity index (χ0v) is 12.1. The molecular weight excluding hydrogens is 288 g/mol. The minimum Gasteiger partial charge on any atom is -0.334 e. The van der Waals surface area contributed by atoms with Crippen molar-refractivity contribution >= 4 is 23.3 Å². The van der Waals surface area contributed by atoms with Crippen molar-refractivity contribution < 1.29 is 4.52 Å². The summed E-state index contributed by atoms with van der Waals surface area (Å²) in [4.78, 5) is 8.75. The summed E-state index contributed by atoms with van der Waals surface area (Å²) in [7, 11) is 0. The van der Waals surface area contributed by atoms with Crippen molar-refractivity contribution in [1.29, 1.82) is 0 Å². The first-order chi connectivity index (χ1) is 9.74. The highest BCUT2D eigenvalue weighted by Crippen LogP contribution is 2.37. The first-order valence-corrected chi connectivity index (χ1v) is 6.73. The van der Waals surface area contributed by atoms with Gasteiger partial charge in [-0.15, -0.1) is 12.4 Å². The van der Waals surface area contributed by atoms with Crippen molar-refractivity contribution in [3.8, 4) is 11.5 Å². The van der Waals surface area contributed by atoms with Crippen LogP contribution < -0.4 is 5.73 Å². The molecule has 1 aromatic carbocycles. The molecule has 4 rings (SSSR count). The average Bonchev–Trinajstić information content (AvgIpc) is 2.94. The average molecular weight is 303 g/mol. The minimum absolute atomic E-state index is 0. The number of nitrogens with zero attached hydrogens (tertiary/aromatic N) is 3. The molecule has 0 amide bonds. The summed E-state index contributed by atoms with van der Waals surface area (Å²) < 4.78 is 5.36. The van der Waals surface area contributed by atoms with Crippen LogP contribution in [0.15, 0.2) is 41.1 Å². The minimum atomic E-state index is -0.389. The number of nitrogens with two attached hydrogens (primary N) is 1. The van der Waals surface area contributed by atoms with Crippen LogP contribution >= 0.6 is 12.4 Å². The molecule has 3 aromatic rings. The highest BCUT2D eigenvalue weighted by molar-refractivity contribution is 5.85. The summed E-state index contributed by atoms with van der Waals surface area (Å²) in [5, 5.41) is 5.09. The largest absolute Gasteiger partial charge is 0.334 e. The maximum atomic E-state index is 6.21. The lowest BCUT2D eigenvalue weighted by atomic mass is 9.77. The Labute approximate surface area is 128 Å². The van der Waals surface area contributed by atoms with Crippen molar-refractivity contribution in [3.63, 3.8) is 0 Å². The number of benzene rings is 1. The van der Waals surface area contributed by atoms with Gasteiger partial charge >= 0.3 is 0 Å². The van der Waals surface area contributed by atoms with Gasteiger partial charge in [0, 0.05) is 17.1 Å². The molecule has 0 bridgehead atoms. The van der Waals surface area contributed by atoms with Gasteiger partial charge in [0.15, 0.2) is 5.82 Å². The summed E-state index contributed by atoms with van der Waals surface area (Å²) in [6.45, 7) is 0. The van der Waals surface area contributed by atoms with Crippen LogP contribution in [0, 0.1) is 0 Å². The van der Waals surface area contributed by atoms with Crippen LogP contribution in [-0.4, -0.2) is 15.1 Å². The molecule has 2 aromatic heterocycles. The Kier molecular flexibility index (Phi) is 3.39. The molecule has 1 aliphatic carbocycles. The normalized spacial score (nSPS) is 16.2. The molecular formula is C15H15ClN4O. The zero-order chi connectivity index (χ0) is 13.6. The van der Waals surface area contributed by atoms with E-state index in [1.165, 1.54) is 0 Å². The summed E-state index contributed by atoms with van der Waals surface area (Å²) in [6, 6.07) is 9.82. The molecule has 5 nitrogen and oxygen atoms in total. The fourth-order valence-electron chi connectivity index (χ4n) is 2.53. The van der Waals surface area contributed by atoms with E-state index in [0.29, 0.717) is 11.7 Å². The Hall–Kier alpha value is -1.98. The van der Waals surface area contributed by atoms with Gasteiger partial charge in [0.05, 0.1) is 11.1 Å². The van der Waals surface area contributed by atoms with Crippen LogP contribution in [0.25, 0.3) is 22.4 Å². The molecule has 2 N–H and O–H groups in total. The zero-order valence-electron chi connectivity index (χ0n) is 11.3. The Morgan fingerprint density at radius 2 is 2.05 bits per heavy atom. The van der Waals surface area contributed by atoms with Crippen LogP contribution in [0.2, 0.25) is 0 Å². The number of hydrogen-bond donors (Lipinski definition) is 1. The lowest BCUT2D eigenvalue weighted by Crippen LogP contribution is -2.44. The predicted octanol–water partition coefficient (Wildman–Crippen LogP) is 3.04. The molecule has 1 aliphatic rings. The molecule has 1 saturated carbocycles. The van der Waals surface area contributed by atoms with E-state index in [1.54, 1.807) is 6.20 Å². The van der Waals surface area contributed by atoms with E-state index in [9.17, 15) is 0 Å². The molecule has 0 aliphatic heterocycles. The van der Waals surface area contributed by atoms with Crippen molar-refractivity contribution in [2.75, 3.05) is 0 Å². The van der Waals surface area contributed by atoms with E-state index in [1.807, 2.05) is 30.3 Å². The fraction of sp³-hybridized carbons (Fsp3) is 0.267. The molecule has 6 heteroatoms. The summed E-state index contributed by atoms with van der Waals surface area (Å²) >= 11 is 0. The van der Waals surface area contributed by atoms with Gasteiger partial charge in [0.25, 0.3) is 5.89 Å². The first-order valence-electron chi connectivity index (χ1n) is 6.73. The topological polar surface area (TPSA) is 77.8 Å². The summed E-state index contributed by atoms with van der Waals surface area (Å²) in [6.07, 6.45) is 4.75. The lowest BCUT2D eigenvalue weighted by molar-refractivity contribution is 0.229. The first kappa shape index (κ1) is 14.0. The van der Waals surface area contributed by atoms with E-state index in [4.69, 9.17) is 10.3 Å². The number of aromatic nitrogens is 3. The molecule has 1 fully saturated rings. The van der Waals surface area contributed by atoms with Gasteiger partial charge in [-0.05, 0) is 43.5 Å². The maximum Gasteiger partial charge on any atom is 0.258 e. The van der Waals surface area contributed by atoms with E-state index in [2.05, 4.69) is 15.1 Å². The monoisotopic (exact) mass is 302 g/mol. The van der Waals surface area contributed by atoms with Crippen LogP contribution in [0.5, 0.6) is 0 Å². The van der Waals surface area contributed by atoms with Gasteiger partial charge in [-0.1, -0.05) is 11.2 Å². The van der Waals surface area contributed by atoms with E-state index >= 15 is 0 Å². The molecule has 0 saturated heterocycles. The molecule has 0 radical (unpaired) electrons. The molecule has 108 valence electrons. The highest BCUT2D eigenvalue weighted by atomic mass is 35.5.